The average Bonchev–Trinajstić information content (AvgIpc) is 2.06. The second-order valence-corrected chi connectivity index (χ2v) is 3.94. The second kappa shape index (κ2) is 3.56. The third-order valence-electron chi connectivity index (χ3n) is 3.11. The maximum absolute atomic E-state index is 11.3. The van der Waals surface area contributed by atoms with Gasteiger partial charge in [0.25, 0.3) is 0 Å². The van der Waals surface area contributed by atoms with Crippen molar-refractivity contribution in [1.29, 1.82) is 0 Å². The Morgan fingerprint density at radius 1 is 1.42 bits per heavy atom. The highest BCUT2D eigenvalue weighted by Gasteiger charge is 2.38. The van der Waals surface area contributed by atoms with Gasteiger partial charge in [0.05, 0.1) is 0 Å². The molecule has 0 unspecified atom stereocenters. The Balaban J connectivity index is 2.63. The molecule has 0 aliphatic heterocycles. The number of methoxy groups -OCH3 is 1. The number of rotatable bonds is 2. The number of carbonyl (C=O) groups is 1. The zero-order chi connectivity index (χ0) is 9.19. The Labute approximate surface area is 74.3 Å². The van der Waals surface area contributed by atoms with Crippen LogP contribution >= 0.6 is 0 Å². The van der Waals surface area contributed by atoms with Crippen LogP contribution in [0.2, 0.25) is 0 Å². The van der Waals surface area contributed by atoms with Crippen LogP contribution in [0.1, 0.15) is 39.5 Å². The van der Waals surface area contributed by atoms with Gasteiger partial charge in [-0.3, -0.25) is 4.79 Å². The van der Waals surface area contributed by atoms with Crippen molar-refractivity contribution in [2.45, 2.75) is 45.1 Å². The van der Waals surface area contributed by atoms with Gasteiger partial charge in [0, 0.05) is 7.11 Å². The minimum atomic E-state index is -0.438. The maximum Gasteiger partial charge on any atom is 0.161 e. The highest BCUT2D eigenvalue weighted by Crippen LogP contribution is 2.34. The number of hydrogen-bond donors (Lipinski definition) is 0. The zero-order valence-electron chi connectivity index (χ0n) is 8.22. The molecular weight excluding hydrogens is 152 g/mol. The lowest BCUT2D eigenvalue weighted by molar-refractivity contribution is -0.143. The Hall–Kier alpha value is -0.370. The number of Topliss-reactive ketones (excluding diaryl/α,β-unsaturated/α-hetero) is 1. The third kappa shape index (κ3) is 1.69. The summed E-state index contributed by atoms with van der Waals surface area (Å²) in [6.07, 6.45) is 4.04. The van der Waals surface area contributed by atoms with E-state index in [0.29, 0.717) is 0 Å². The van der Waals surface area contributed by atoms with E-state index in [0.717, 1.165) is 31.6 Å². The minimum absolute atomic E-state index is 0.192. The summed E-state index contributed by atoms with van der Waals surface area (Å²) in [6.45, 7) is 3.87. The van der Waals surface area contributed by atoms with Crippen LogP contribution < -0.4 is 0 Å². The van der Waals surface area contributed by atoms with Crippen molar-refractivity contribution in [3.63, 3.8) is 0 Å². The first-order valence-corrected chi connectivity index (χ1v) is 4.67. The number of ether oxygens (including phenoxy) is 1. The second-order valence-electron chi connectivity index (χ2n) is 3.94. The monoisotopic (exact) mass is 170 g/mol. The predicted molar refractivity (Wildman–Crippen MR) is 48.1 cm³/mol. The van der Waals surface area contributed by atoms with E-state index in [4.69, 9.17) is 4.74 Å². The maximum atomic E-state index is 11.3. The molecule has 0 spiro atoms. The molecule has 0 bridgehead atoms. The molecule has 1 fully saturated rings. The fraction of sp³-hybridized carbons (Fsp3) is 0.900. The molecule has 1 rings (SSSR count). The first kappa shape index (κ1) is 9.72. The van der Waals surface area contributed by atoms with Gasteiger partial charge in [-0.15, -0.1) is 0 Å². The molecule has 0 amide bonds. The highest BCUT2D eigenvalue weighted by atomic mass is 16.5. The van der Waals surface area contributed by atoms with E-state index in [2.05, 4.69) is 6.92 Å². The van der Waals surface area contributed by atoms with Gasteiger partial charge in [-0.25, -0.2) is 0 Å². The number of carbonyl (C=O) groups excluding carboxylic acids is 1. The van der Waals surface area contributed by atoms with E-state index in [1.807, 2.05) is 0 Å². The smallest absolute Gasteiger partial charge is 0.161 e. The van der Waals surface area contributed by atoms with Crippen molar-refractivity contribution < 1.29 is 9.53 Å². The Kier molecular flexibility index (Phi) is 2.89. The lowest BCUT2D eigenvalue weighted by atomic mass is 9.77. The summed E-state index contributed by atoms with van der Waals surface area (Å²) in [7, 11) is 1.65. The Morgan fingerprint density at radius 2 is 1.92 bits per heavy atom. The van der Waals surface area contributed by atoms with Gasteiger partial charge in [0.2, 0.25) is 0 Å². The van der Waals surface area contributed by atoms with Gasteiger partial charge in [-0.1, -0.05) is 6.92 Å². The lowest BCUT2D eigenvalue weighted by Crippen LogP contribution is -2.42. The van der Waals surface area contributed by atoms with Crippen molar-refractivity contribution in [1.82, 2.24) is 0 Å². The lowest BCUT2D eigenvalue weighted by Gasteiger charge is -2.35. The number of hydrogen-bond acceptors (Lipinski definition) is 2. The summed E-state index contributed by atoms with van der Waals surface area (Å²) in [5.41, 5.74) is -0.438. The Bertz CT molecular complexity index is 167. The molecule has 0 saturated heterocycles. The standard InChI is InChI=1S/C10H18O2/c1-8-4-6-10(12-3,7-5-8)9(2)11/h8H,4-7H2,1-3H3. The van der Waals surface area contributed by atoms with Gasteiger partial charge in [0.15, 0.2) is 5.78 Å². The van der Waals surface area contributed by atoms with Crippen LogP contribution in [-0.4, -0.2) is 18.5 Å². The molecule has 0 aromatic heterocycles. The summed E-state index contributed by atoms with van der Waals surface area (Å²) in [5.74, 6) is 0.949. The van der Waals surface area contributed by atoms with Gasteiger partial charge in [-0.05, 0) is 38.5 Å². The van der Waals surface area contributed by atoms with E-state index >= 15 is 0 Å². The van der Waals surface area contributed by atoms with E-state index in [9.17, 15) is 4.79 Å². The molecule has 2 heteroatoms. The first-order valence-electron chi connectivity index (χ1n) is 4.67. The van der Waals surface area contributed by atoms with Gasteiger partial charge in [0.1, 0.15) is 5.60 Å². The van der Waals surface area contributed by atoms with Crippen molar-refractivity contribution >= 4 is 5.78 Å². The third-order valence-corrected chi connectivity index (χ3v) is 3.11. The molecule has 0 aromatic rings. The van der Waals surface area contributed by atoms with Crippen LogP contribution in [0.5, 0.6) is 0 Å². The van der Waals surface area contributed by atoms with Crippen LogP contribution in [-0.2, 0) is 9.53 Å². The van der Waals surface area contributed by atoms with Crippen LogP contribution in [0.3, 0.4) is 0 Å². The molecule has 1 saturated carbocycles. The summed E-state index contributed by atoms with van der Waals surface area (Å²) >= 11 is 0. The molecule has 0 aromatic carbocycles. The molecule has 0 N–H and O–H groups in total. The summed E-state index contributed by atoms with van der Waals surface area (Å²) < 4.78 is 5.34. The first-order chi connectivity index (χ1) is 5.60. The summed E-state index contributed by atoms with van der Waals surface area (Å²) in [6, 6.07) is 0. The van der Waals surface area contributed by atoms with Crippen LogP contribution in [0.4, 0.5) is 0 Å². The fourth-order valence-corrected chi connectivity index (χ4v) is 1.93. The van der Waals surface area contributed by atoms with Crippen molar-refractivity contribution in [2.24, 2.45) is 5.92 Å². The molecule has 0 heterocycles. The molecule has 70 valence electrons. The fourth-order valence-electron chi connectivity index (χ4n) is 1.93. The summed E-state index contributed by atoms with van der Waals surface area (Å²) in [5, 5.41) is 0. The van der Waals surface area contributed by atoms with Gasteiger partial charge >= 0.3 is 0 Å². The molecule has 0 atom stereocenters. The molecule has 1 aliphatic carbocycles. The number of ketones is 1. The topological polar surface area (TPSA) is 26.3 Å². The van der Waals surface area contributed by atoms with E-state index in [-0.39, 0.29) is 5.78 Å². The molecule has 12 heavy (non-hydrogen) atoms. The highest BCUT2D eigenvalue weighted by molar-refractivity contribution is 5.85. The van der Waals surface area contributed by atoms with Crippen LogP contribution in [0.25, 0.3) is 0 Å². The summed E-state index contributed by atoms with van der Waals surface area (Å²) in [4.78, 5) is 11.3. The molecule has 2 nitrogen and oxygen atoms in total. The van der Waals surface area contributed by atoms with E-state index in [1.165, 1.54) is 0 Å². The average molecular weight is 170 g/mol. The van der Waals surface area contributed by atoms with Gasteiger partial charge in [-0.2, -0.15) is 0 Å². The van der Waals surface area contributed by atoms with Crippen molar-refractivity contribution in [3.8, 4) is 0 Å². The predicted octanol–water partition coefficient (Wildman–Crippen LogP) is 2.17. The normalized spacial score (nSPS) is 36.4. The quantitative estimate of drug-likeness (QED) is 0.635. The molecule has 1 aliphatic rings. The minimum Gasteiger partial charge on any atom is -0.370 e. The van der Waals surface area contributed by atoms with Crippen LogP contribution in [0, 0.1) is 5.92 Å². The van der Waals surface area contributed by atoms with Crippen molar-refractivity contribution in [2.75, 3.05) is 7.11 Å². The SMILES string of the molecule is COC1(C(C)=O)CCC(C)CC1. The zero-order valence-corrected chi connectivity index (χ0v) is 8.22. The van der Waals surface area contributed by atoms with Gasteiger partial charge < -0.3 is 4.74 Å². The van der Waals surface area contributed by atoms with E-state index < -0.39 is 5.60 Å². The van der Waals surface area contributed by atoms with Crippen molar-refractivity contribution in [3.05, 3.63) is 0 Å². The largest absolute Gasteiger partial charge is 0.370 e. The van der Waals surface area contributed by atoms with E-state index in [1.54, 1.807) is 14.0 Å². The molecular formula is C10H18O2. The Morgan fingerprint density at radius 3 is 2.25 bits per heavy atom. The molecule has 0 radical (unpaired) electrons. The van der Waals surface area contributed by atoms with Crippen LogP contribution in [0.15, 0.2) is 0 Å².